The third-order valence-corrected chi connectivity index (χ3v) is 6.82. The molecule has 2 nitrogen and oxygen atoms in total. The molecule has 0 saturated heterocycles. The summed E-state index contributed by atoms with van der Waals surface area (Å²) in [6.45, 7) is 6.34. The van der Waals surface area contributed by atoms with Crippen LogP contribution >= 0.6 is 0 Å². The van der Waals surface area contributed by atoms with Crippen LogP contribution in [0.4, 0.5) is 13.2 Å². The Balaban J connectivity index is 1.70. The summed E-state index contributed by atoms with van der Waals surface area (Å²) in [5.41, 5.74) is 0.687. The molecule has 3 rings (SSSR count). The summed E-state index contributed by atoms with van der Waals surface area (Å²) in [5.74, 6) is 0.236. The van der Waals surface area contributed by atoms with Gasteiger partial charge < -0.3 is 4.90 Å². The molecule has 1 fully saturated rings. The van der Waals surface area contributed by atoms with Gasteiger partial charge in [-0.1, -0.05) is 49.4 Å². The zero-order valence-corrected chi connectivity index (χ0v) is 19.0. The molecule has 2 aromatic rings. The van der Waals surface area contributed by atoms with Gasteiger partial charge in [-0.05, 0) is 81.2 Å². The van der Waals surface area contributed by atoms with E-state index in [1.165, 1.54) is 17.7 Å². The molecule has 172 valence electrons. The normalized spacial score (nSPS) is 17.0. The first-order chi connectivity index (χ1) is 15.3. The van der Waals surface area contributed by atoms with Crippen LogP contribution < -0.4 is 0 Å². The molecule has 0 heterocycles. The lowest BCUT2D eigenvalue weighted by molar-refractivity contribution is -0.137. The lowest BCUT2D eigenvalue weighted by atomic mass is 9.73. The molecule has 1 aliphatic carbocycles. The Kier molecular flexibility index (Phi) is 8.00. The summed E-state index contributed by atoms with van der Waals surface area (Å²) in [4.78, 5) is 2.48. The number of nitriles is 1. The van der Waals surface area contributed by atoms with Crippen LogP contribution in [0.1, 0.15) is 62.6 Å². The molecule has 0 aliphatic heterocycles. The largest absolute Gasteiger partial charge is 0.416 e. The first-order valence-electron chi connectivity index (χ1n) is 11.7. The van der Waals surface area contributed by atoms with Crippen LogP contribution in [0.5, 0.6) is 0 Å². The number of hydrogen-bond donors (Lipinski definition) is 0. The van der Waals surface area contributed by atoms with Crippen molar-refractivity contribution in [3.63, 3.8) is 0 Å². The van der Waals surface area contributed by atoms with E-state index < -0.39 is 17.2 Å². The van der Waals surface area contributed by atoms with Crippen LogP contribution in [0.3, 0.4) is 0 Å². The highest BCUT2D eigenvalue weighted by molar-refractivity contribution is 5.38. The number of nitrogens with zero attached hydrogens (tertiary/aromatic N) is 2. The van der Waals surface area contributed by atoms with E-state index in [0.717, 1.165) is 62.9 Å². The SMILES string of the molecule is CCCN(CCc1ccccc1)C(C)CCC(C#N)(c1ccc(C(F)(F)F)cc1)C1CC1. The van der Waals surface area contributed by atoms with Gasteiger partial charge in [0, 0.05) is 12.6 Å². The minimum atomic E-state index is -4.36. The fraction of sp³-hybridized carbons (Fsp3) is 0.519. The smallest absolute Gasteiger partial charge is 0.300 e. The van der Waals surface area contributed by atoms with Crippen LogP contribution in [-0.4, -0.2) is 24.0 Å². The number of benzene rings is 2. The van der Waals surface area contributed by atoms with Crippen LogP contribution in [0.25, 0.3) is 0 Å². The molecule has 1 aliphatic rings. The first-order valence-corrected chi connectivity index (χ1v) is 11.7. The predicted molar refractivity (Wildman–Crippen MR) is 122 cm³/mol. The molecule has 0 spiro atoms. The number of alkyl halides is 3. The molecular weight excluding hydrogens is 409 g/mol. The first kappa shape index (κ1) is 24.3. The maximum Gasteiger partial charge on any atom is 0.416 e. The van der Waals surface area contributed by atoms with E-state index >= 15 is 0 Å². The number of halogens is 3. The summed E-state index contributed by atoms with van der Waals surface area (Å²) < 4.78 is 39.0. The zero-order valence-electron chi connectivity index (χ0n) is 19.0. The minimum absolute atomic E-state index is 0.236. The highest BCUT2D eigenvalue weighted by Gasteiger charge is 2.47. The predicted octanol–water partition coefficient (Wildman–Crippen LogP) is 7.00. The van der Waals surface area contributed by atoms with Crippen molar-refractivity contribution in [2.75, 3.05) is 13.1 Å². The van der Waals surface area contributed by atoms with Crippen molar-refractivity contribution in [2.24, 2.45) is 5.92 Å². The van der Waals surface area contributed by atoms with Crippen molar-refractivity contribution in [3.05, 3.63) is 71.3 Å². The Morgan fingerprint density at radius 3 is 2.16 bits per heavy atom. The maximum atomic E-state index is 13.0. The van der Waals surface area contributed by atoms with Crippen molar-refractivity contribution in [1.29, 1.82) is 5.26 Å². The Hall–Kier alpha value is -2.32. The standard InChI is InChI=1S/C27H33F3N2/c1-3-18-32(19-16-22-7-5-4-6-8-22)21(2)15-17-26(20-31,23-9-10-23)24-11-13-25(14-12-24)27(28,29)30/h4-8,11-14,21,23H,3,9-10,15-19H2,1-2H3. The van der Waals surface area contributed by atoms with Crippen LogP contribution in [0, 0.1) is 17.2 Å². The molecule has 2 aromatic carbocycles. The quantitative estimate of drug-likeness (QED) is 0.375. The van der Waals surface area contributed by atoms with Crippen molar-refractivity contribution >= 4 is 0 Å². The summed E-state index contributed by atoms with van der Waals surface area (Å²) in [6.07, 6.45) is 1.14. The lowest BCUT2D eigenvalue weighted by Crippen LogP contribution is -2.37. The molecule has 5 heteroatoms. The second-order valence-electron chi connectivity index (χ2n) is 9.09. The molecule has 0 radical (unpaired) electrons. The van der Waals surface area contributed by atoms with Crippen molar-refractivity contribution < 1.29 is 13.2 Å². The molecule has 2 unspecified atom stereocenters. The summed E-state index contributed by atoms with van der Waals surface area (Å²) in [7, 11) is 0. The van der Waals surface area contributed by atoms with Gasteiger partial charge in [0.05, 0.1) is 17.0 Å². The van der Waals surface area contributed by atoms with Gasteiger partial charge in [0.2, 0.25) is 0 Å². The number of hydrogen-bond acceptors (Lipinski definition) is 2. The molecule has 0 N–H and O–H groups in total. The topological polar surface area (TPSA) is 27.0 Å². The Morgan fingerprint density at radius 1 is 1.00 bits per heavy atom. The maximum absolute atomic E-state index is 13.0. The zero-order chi connectivity index (χ0) is 23.2. The van der Waals surface area contributed by atoms with Gasteiger partial charge in [-0.15, -0.1) is 0 Å². The molecule has 1 saturated carbocycles. The van der Waals surface area contributed by atoms with E-state index in [4.69, 9.17) is 0 Å². The van der Waals surface area contributed by atoms with Crippen molar-refractivity contribution in [3.8, 4) is 6.07 Å². The van der Waals surface area contributed by atoms with Gasteiger partial charge in [0.25, 0.3) is 0 Å². The van der Waals surface area contributed by atoms with Crippen molar-refractivity contribution in [1.82, 2.24) is 4.90 Å². The third-order valence-electron chi connectivity index (χ3n) is 6.82. The van der Waals surface area contributed by atoms with E-state index in [1.807, 2.05) is 6.07 Å². The van der Waals surface area contributed by atoms with Crippen molar-refractivity contribution in [2.45, 2.75) is 70.0 Å². The van der Waals surface area contributed by atoms with Gasteiger partial charge in [-0.25, -0.2) is 0 Å². The fourth-order valence-corrected chi connectivity index (χ4v) is 4.70. The monoisotopic (exact) mass is 442 g/mol. The van der Waals surface area contributed by atoms with Gasteiger partial charge in [-0.3, -0.25) is 0 Å². The molecular formula is C27H33F3N2. The highest BCUT2D eigenvalue weighted by Crippen LogP contribution is 2.50. The molecule has 0 amide bonds. The molecule has 32 heavy (non-hydrogen) atoms. The van der Waals surface area contributed by atoms with Gasteiger partial charge >= 0.3 is 6.18 Å². The van der Waals surface area contributed by atoms with Crippen LogP contribution in [0.15, 0.2) is 54.6 Å². The average Bonchev–Trinajstić information content (AvgIpc) is 3.63. The van der Waals surface area contributed by atoms with E-state index in [2.05, 4.69) is 49.1 Å². The fourth-order valence-electron chi connectivity index (χ4n) is 4.70. The lowest BCUT2D eigenvalue weighted by Gasteiger charge is -2.33. The molecule has 0 aromatic heterocycles. The third kappa shape index (κ3) is 5.92. The van der Waals surface area contributed by atoms with Crippen LogP contribution in [-0.2, 0) is 18.0 Å². The van der Waals surface area contributed by atoms with Gasteiger partial charge in [0.15, 0.2) is 0 Å². The van der Waals surface area contributed by atoms with Gasteiger partial charge in [0.1, 0.15) is 0 Å². The van der Waals surface area contributed by atoms with E-state index in [0.29, 0.717) is 12.5 Å². The van der Waals surface area contributed by atoms with Crippen LogP contribution in [0.2, 0.25) is 0 Å². The highest BCUT2D eigenvalue weighted by atomic mass is 19.4. The van der Waals surface area contributed by atoms with E-state index in [9.17, 15) is 18.4 Å². The Labute approximate surface area is 190 Å². The average molecular weight is 443 g/mol. The number of rotatable bonds is 11. The second kappa shape index (κ2) is 10.5. The molecule has 0 bridgehead atoms. The Morgan fingerprint density at radius 2 is 1.62 bits per heavy atom. The van der Waals surface area contributed by atoms with Gasteiger partial charge in [-0.2, -0.15) is 18.4 Å². The summed E-state index contributed by atoms with van der Waals surface area (Å²) >= 11 is 0. The second-order valence-corrected chi connectivity index (χ2v) is 9.09. The summed E-state index contributed by atoms with van der Waals surface area (Å²) in [6, 6.07) is 18.6. The summed E-state index contributed by atoms with van der Waals surface area (Å²) in [5, 5.41) is 10.2. The van der Waals surface area contributed by atoms with E-state index in [1.54, 1.807) is 0 Å². The molecule has 2 atom stereocenters. The Bertz CT molecular complexity index is 882. The minimum Gasteiger partial charge on any atom is -0.300 e. The van der Waals surface area contributed by atoms with E-state index in [-0.39, 0.29) is 5.92 Å².